The van der Waals surface area contributed by atoms with Gasteiger partial charge >= 0.3 is 0 Å². The van der Waals surface area contributed by atoms with Gasteiger partial charge in [0.15, 0.2) is 0 Å². The fraction of sp³-hybridized carbons (Fsp3) is 0.0833. The molecule has 4 nitrogen and oxygen atoms in total. The molecule has 0 spiro atoms. The molecule has 1 aliphatic rings. The second-order valence-electron chi connectivity index (χ2n) is 13.0. The third-order valence-corrected chi connectivity index (χ3v) is 10.2. The van der Waals surface area contributed by atoms with E-state index in [0.717, 1.165) is 35.1 Å². The molecule has 0 radical (unpaired) electrons. The predicted molar refractivity (Wildman–Crippen MR) is 219 cm³/mol. The summed E-state index contributed by atoms with van der Waals surface area (Å²) < 4.78 is 4.70. The summed E-state index contributed by atoms with van der Waals surface area (Å²) in [7, 11) is 0. The van der Waals surface area contributed by atoms with Gasteiger partial charge in [0.05, 0.1) is 22.1 Å². The number of rotatable bonds is 5. The van der Waals surface area contributed by atoms with Crippen LogP contribution in [-0.2, 0) is 0 Å². The van der Waals surface area contributed by atoms with E-state index in [1.165, 1.54) is 66.1 Å². The Kier molecular flexibility index (Phi) is 8.05. The molecule has 9 aromatic rings. The molecule has 1 aliphatic carbocycles. The highest BCUT2D eigenvalue weighted by molar-refractivity contribution is 6.11. The van der Waals surface area contributed by atoms with Crippen molar-refractivity contribution < 1.29 is 0 Å². The average Bonchev–Trinajstić information content (AvgIpc) is 3.74. The van der Waals surface area contributed by atoms with Crippen molar-refractivity contribution in [1.29, 1.82) is 0 Å². The molecule has 0 saturated carbocycles. The van der Waals surface area contributed by atoms with Crippen molar-refractivity contribution in [3.05, 3.63) is 176 Å². The second kappa shape index (κ2) is 13.3. The molecule has 0 amide bonds. The summed E-state index contributed by atoms with van der Waals surface area (Å²) >= 11 is 0. The van der Waals surface area contributed by atoms with Crippen molar-refractivity contribution in [3.63, 3.8) is 0 Å². The van der Waals surface area contributed by atoms with E-state index in [0.29, 0.717) is 0 Å². The van der Waals surface area contributed by atoms with Crippen LogP contribution in [0.2, 0.25) is 0 Å². The first-order valence-corrected chi connectivity index (χ1v) is 18.2. The normalized spacial score (nSPS) is 12.7. The molecule has 5 aromatic carbocycles. The highest BCUT2D eigenvalue weighted by atomic mass is 15.0. The van der Waals surface area contributed by atoms with Crippen LogP contribution >= 0.6 is 0 Å². The number of hydrogen-bond acceptors (Lipinski definition) is 2. The Hall–Kier alpha value is -6.52. The first-order valence-electron chi connectivity index (χ1n) is 18.2. The summed E-state index contributed by atoms with van der Waals surface area (Å²) in [5.41, 5.74) is 14.4. The summed E-state index contributed by atoms with van der Waals surface area (Å²) in [6.07, 6.45) is 16.6. The zero-order chi connectivity index (χ0) is 35.0. The molecule has 52 heavy (non-hydrogen) atoms. The fourth-order valence-corrected chi connectivity index (χ4v) is 7.75. The minimum absolute atomic E-state index is 1.08. The van der Waals surface area contributed by atoms with E-state index in [-0.39, 0.29) is 0 Å². The molecule has 0 fully saturated rings. The van der Waals surface area contributed by atoms with E-state index in [9.17, 15) is 0 Å². The van der Waals surface area contributed by atoms with Gasteiger partial charge in [-0.25, -0.2) is 0 Å². The van der Waals surface area contributed by atoms with Gasteiger partial charge in [0.1, 0.15) is 0 Å². The van der Waals surface area contributed by atoms with Crippen LogP contribution in [0.1, 0.15) is 32.3 Å². The van der Waals surface area contributed by atoms with Crippen molar-refractivity contribution in [2.24, 2.45) is 0 Å². The van der Waals surface area contributed by atoms with Gasteiger partial charge in [0, 0.05) is 57.7 Å². The summed E-state index contributed by atoms with van der Waals surface area (Å²) in [4.78, 5) is 8.98. The van der Waals surface area contributed by atoms with Crippen LogP contribution in [0.4, 0.5) is 0 Å². The van der Waals surface area contributed by atoms with Gasteiger partial charge in [0.25, 0.3) is 0 Å². The lowest BCUT2D eigenvalue weighted by atomic mass is 9.96. The molecule has 0 unspecified atom stereocenters. The van der Waals surface area contributed by atoms with Gasteiger partial charge in [-0.2, -0.15) is 0 Å². The third-order valence-electron chi connectivity index (χ3n) is 10.2. The molecule has 250 valence electrons. The molecule has 4 aromatic heterocycles. The van der Waals surface area contributed by atoms with Gasteiger partial charge in [-0.15, -0.1) is 0 Å². The number of benzene rings is 5. The molecule has 0 atom stereocenters. The molecule has 0 saturated heterocycles. The van der Waals surface area contributed by atoms with E-state index in [2.05, 4.69) is 165 Å². The summed E-state index contributed by atoms with van der Waals surface area (Å²) in [6.45, 7) is 4.00. The van der Waals surface area contributed by atoms with Crippen molar-refractivity contribution in [2.75, 3.05) is 0 Å². The molecule has 4 heterocycles. The number of pyridine rings is 2. The largest absolute Gasteiger partial charge is 0.309 e. The van der Waals surface area contributed by atoms with Crippen LogP contribution in [0, 0.1) is 0 Å². The first-order chi connectivity index (χ1) is 25.8. The molecule has 4 heteroatoms. The fourth-order valence-electron chi connectivity index (χ4n) is 7.75. The Labute approximate surface area is 303 Å². The summed E-state index contributed by atoms with van der Waals surface area (Å²) in [5, 5.41) is 4.76. The van der Waals surface area contributed by atoms with E-state index < -0.39 is 0 Å². The van der Waals surface area contributed by atoms with Crippen molar-refractivity contribution in [1.82, 2.24) is 19.1 Å². The molecule has 0 N–H and O–H groups in total. The topological polar surface area (TPSA) is 35.6 Å². The molecule has 10 rings (SSSR count). The molecular weight excluding hydrogens is 633 g/mol. The number of aromatic nitrogens is 4. The minimum atomic E-state index is 1.08. The van der Waals surface area contributed by atoms with Crippen molar-refractivity contribution >= 4 is 49.2 Å². The van der Waals surface area contributed by atoms with Gasteiger partial charge in [0.2, 0.25) is 0 Å². The monoisotopic (exact) mass is 670 g/mol. The summed E-state index contributed by atoms with van der Waals surface area (Å²) in [6, 6.07) is 46.2. The van der Waals surface area contributed by atoms with Gasteiger partial charge in [-0.05, 0) is 107 Å². The van der Waals surface area contributed by atoms with E-state index in [1.807, 2.05) is 38.6 Å². The lowest BCUT2D eigenvalue weighted by Crippen LogP contribution is -1.95. The number of nitrogens with zero attached hydrogens (tertiary/aromatic N) is 4. The Balaban J connectivity index is 0.00000177. The lowest BCUT2D eigenvalue weighted by Gasteiger charge is -2.12. The molecular formula is C48H38N4. The van der Waals surface area contributed by atoms with Crippen molar-refractivity contribution in [2.45, 2.75) is 26.7 Å². The standard InChI is InChI=1S/C46H32N4.C2H6/c1-3-7-31(8-4-1)35-15-21-43-39(27-35)41-29-47-25-23-45(41)49(43)37-17-11-33(12-18-37)34-13-19-38(20-14-34)50-44-22-16-36(32-9-5-2-6-10-32)28-40(44)42-30-48-26-24-46(42)50;1-2/h1-5,7-9,11-30H,6,10H2;1-2H3. The summed E-state index contributed by atoms with van der Waals surface area (Å²) in [5.74, 6) is 0. The Morgan fingerprint density at radius 3 is 1.48 bits per heavy atom. The Morgan fingerprint density at radius 1 is 0.462 bits per heavy atom. The maximum atomic E-state index is 4.50. The van der Waals surface area contributed by atoms with Crippen LogP contribution in [0.15, 0.2) is 170 Å². The average molecular weight is 671 g/mol. The zero-order valence-electron chi connectivity index (χ0n) is 29.4. The molecule has 0 aliphatic heterocycles. The number of hydrogen-bond donors (Lipinski definition) is 0. The van der Waals surface area contributed by atoms with Gasteiger partial charge in [-0.1, -0.05) is 98.8 Å². The smallest absolute Gasteiger partial charge is 0.0571 e. The highest BCUT2D eigenvalue weighted by Gasteiger charge is 2.16. The minimum Gasteiger partial charge on any atom is -0.309 e. The van der Waals surface area contributed by atoms with Crippen LogP contribution < -0.4 is 0 Å². The Bertz CT molecular complexity index is 2780. The zero-order valence-corrected chi connectivity index (χ0v) is 29.4. The van der Waals surface area contributed by atoms with Gasteiger partial charge < -0.3 is 9.13 Å². The van der Waals surface area contributed by atoms with Gasteiger partial charge in [-0.3, -0.25) is 9.97 Å². The van der Waals surface area contributed by atoms with Crippen LogP contribution in [0.3, 0.4) is 0 Å². The van der Waals surface area contributed by atoms with Crippen LogP contribution in [-0.4, -0.2) is 19.1 Å². The van der Waals surface area contributed by atoms with E-state index >= 15 is 0 Å². The maximum absolute atomic E-state index is 4.50. The third kappa shape index (κ3) is 5.32. The number of fused-ring (bicyclic) bond motifs is 6. The molecule has 0 bridgehead atoms. The first kappa shape index (κ1) is 31.5. The van der Waals surface area contributed by atoms with E-state index in [1.54, 1.807) is 0 Å². The highest BCUT2D eigenvalue weighted by Crippen LogP contribution is 2.37. The second-order valence-corrected chi connectivity index (χ2v) is 13.0. The maximum Gasteiger partial charge on any atom is 0.0571 e. The Morgan fingerprint density at radius 2 is 0.942 bits per heavy atom. The van der Waals surface area contributed by atoms with Crippen LogP contribution in [0.25, 0.3) is 82.8 Å². The quantitative estimate of drug-likeness (QED) is 0.183. The SMILES string of the molecule is C1=CCCC(c2ccc3c(c2)c2cnccc2n3-c2ccc(-c3ccc(-n4c5ccncc5c5cc(-c6ccccc6)ccc54)cc3)cc2)=C1.CC. The lowest BCUT2D eigenvalue weighted by molar-refractivity contribution is 1.05. The van der Waals surface area contributed by atoms with Crippen LogP contribution in [0.5, 0.6) is 0 Å². The van der Waals surface area contributed by atoms with Crippen molar-refractivity contribution in [3.8, 4) is 33.6 Å². The van der Waals surface area contributed by atoms with E-state index in [4.69, 9.17) is 0 Å². The number of allylic oxidation sites excluding steroid dienone is 4. The predicted octanol–water partition coefficient (Wildman–Crippen LogP) is 12.8.